The van der Waals surface area contributed by atoms with E-state index in [0.717, 1.165) is 29.0 Å². The van der Waals surface area contributed by atoms with Gasteiger partial charge in [-0.05, 0) is 47.7 Å². The van der Waals surface area contributed by atoms with Crippen LogP contribution in [-0.4, -0.2) is 20.2 Å². The lowest BCUT2D eigenvalue weighted by Crippen LogP contribution is -2.30. The largest absolute Gasteiger partial charge is 0.497 e. The lowest BCUT2D eigenvalue weighted by molar-refractivity contribution is 0.0598. The molecule has 1 heterocycles. The molecule has 0 radical (unpaired) electrons. The van der Waals surface area contributed by atoms with Crippen LogP contribution < -0.4 is 10.1 Å². The number of hydrogen-bond donors (Lipinski definition) is 1. The number of ether oxygens (including phenoxy) is 2. The molecule has 26 heavy (non-hydrogen) atoms. The maximum Gasteiger partial charge on any atom is 0.338 e. The van der Waals surface area contributed by atoms with Crippen LogP contribution in [0.15, 0.2) is 48.6 Å². The number of carbonyl (C=O) groups is 1. The van der Waals surface area contributed by atoms with Crippen molar-refractivity contribution in [1.29, 1.82) is 0 Å². The van der Waals surface area contributed by atoms with Crippen molar-refractivity contribution in [2.75, 3.05) is 19.5 Å². The predicted octanol–water partition coefficient (Wildman–Crippen LogP) is 4.96. The molecule has 2 aliphatic rings. The highest BCUT2D eigenvalue weighted by molar-refractivity contribution is 6.33. The van der Waals surface area contributed by atoms with Crippen LogP contribution in [0, 0.1) is 5.92 Å². The third kappa shape index (κ3) is 2.65. The molecule has 0 aromatic heterocycles. The lowest BCUT2D eigenvalue weighted by atomic mass is 9.75. The lowest BCUT2D eigenvalue weighted by Gasteiger charge is -2.38. The van der Waals surface area contributed by atoms with Crippen molar-refractivity contribution in [3.05, 3.63) is 70.3 Å². The van der Waals surface area contributed by atoms with Gasteiger partial charge in [0.15, 0.2) is 0 Å². The number of rotatable bonds is 3. The molecule has 0 unspecified atom stereocenters. The Bertz CT molecular complexity index is 893. The van der Waals surface area contributed by atoms with E-state index >= 15 is 0 Å². The minimum atomic E-state index is -0.335. The van der Waals surface area contributed by atoms with Crippen LogP contribution in [0.4, 0.5) is 5.69 Å². The van der Waals surface area contributed by atoms with Gasteiger partial charge in [0, 0.05) is 5.92 Å². The van der Waals surface area contributed by atoms with Gasteiger partial charge in [-0.2, -0.15) is 0 Å². The summed E-state index contributed by atoms with van der Waals surface area (Å²) < 4.78 is 10.4. The van der Waals surface area contributed by atoms with Gasteiger partial charge in [-0.25, -0.2) is 4.79 Å². The molecule has 4 rings (SSSR count). The summed E-state index contributed by atoms with van der Waals surface area (Å²) in [6.07, 6.45) is 5.30. The Morgan fingerprint density at radius 2 is 2.08 bits per heavy atom. The zero-order valence-corrected chi connectivity index (χ0v) is 15.4. The minimum absolute atomic E-state index is 0.0861. The average Bonchev–Trinajstić information content (AvgIpc) is 3.17. The number of halogens is 1. The van der Waals surface area contributed by atoms with Crippen molar-refractivity contribution < 1.29 is 14.3 Å². The van der Waals surface area contributed by atoms with E-state index in [1.54, 1.807) is 19.2 Å². The first-order valence-corrected chi connectivity index (χ1v) is 8.99. The number of anilines is 1. The fraction of sp³-hybridized carbons (Fsp3) is 0.286. The molecular formula is C21H20ClNO3. The third-order valence-electron chi connectivity index (χ3n) is 5.33. The van der Waals surface area contributed by atoms with E-state index in [1.165, 1.54) is 7.11 Å². The number of hydrogen-bond acceptors (Lipinski definition) is 4. The second-order valence-electron chi connectivity index (χ2n) is 6.63. The molecule has 4 nitrogen and oxygen atoms in total. The molecule has 134 valence electrons. The summed E-state index contributed by atoms with van der Waals surface area (Å²) >= 11 is 6.50. The normalized spacial score (nSPS) is 23.0. The monoisotopic (exact) mass is 369 g/mol. The molecule has 2 aromatic rings. The maximum atomic E-state index is 12.3. The van der Waals surface area contributed by atoms with Crippen LogP contribution in [0.1, 0.15) is 39.9 Å². The van der Waals surface area contributed by atoms with Crippen LogP contribution in [0.3, 0.4) is 0 Å². The zero-order valence-electron chi connectivity index (χ0n) is 14.7. The number of allylic oxidation sites excluding steroid dienone is 2. The molecule has 0 saturated heterocycles. The van der Waals surface area contributed by atoms with E-state index in [0.29, 0.717) is 16.5 Å². The summed E-state index contributed by atoms with van der Waals surface area (Å²) in [7, 11) is 3.07. The number of esters is 1. The van der Waals surface area contributed by atoms with Gasteiger partial charge in [0.1, 0.15) is 5.75 Å². The van der Waals surface area contributed by atoms with Gasteiger partial charge in [0.2, 0.25) is 0 Å². The first-order valence-electron chi connectivity index (χ1n) is 8.62. The van der Waals surface area contributed by atoms with Gasteiger partial charge in [-0.15, -0.1) is 0 Å². The van der Waals surface area contributed by atoms with E-state index in [1.807, 2.05) is 12.1 Å². The quantitative estimate of drug-likeness (QED) is 0.613. The molecule has 5 heteroatoms. The molecule has 3 atom stereocenters. The van der Waals surface area contributed by atoms with Crippen LogP contribution in [0.2, 0.25) is 5.02 Å². The van der Waals surface area contributed by atoms with Gasteiger partial charge in [-0.1, -0.05) is 35.9 Å². The highest BCUT2D eigenvalue weighted by Crippen LogP contribution is 2.52. The summed E-state index contributed by atoms with van der Waals surface area (Å²) in [6.45, 7) is 0. The summed E-state index contributed by atoms with van der Waals surface area (Å²) in [4.78, 5) is 12.3. The summed E-state index contributed by atoms with van der Waals surface area (Å²) in [6, 6.07) is 11.7. The Balaban J connectivity index is 1.84. The van der Waals surface area contributed by atoms with Gasteiger partial charge in [0.25, 0.3) is 0 Å². The van der Waals surface area contributed by atoms with Crippen LogP contribution in [0.5, 0.6) is 5.75 Å². The first kappa shape index (κ1) is 17.0. The van der Waals surface area contributed by atoms with E-state index < -0.39 is 0 Å². The highest BCUT2D eigenvalue weighted by atomic mass is 35.5. The second-order valence-corrected chi connectivity index (χ2v) is 7.03. The van der Waals surface area contributed by atoms with E-state index in [4.69, 9.17) is 21.1 Å². The first-order chi connectivity index (χ1) is 12.6. The van der Waals surface area contributed by atoms with Crippen molar-refractivity contribution in [3.8, 4) is 5.75 Å². The van der Waals surface area contributed by atoms with Crippen molar-refractivity contribution in [1.82, 2.24) is 0 Å². The van der Waals surface area contributed by atoms with Gasteiger partial charge >= 0.3 is 5.97 Å². The van der Waals surface area contributed by atoms with Gasteiger partial charge in [-0.3, -0.25) is 0 Å². The Labute approximate surface area is 157 Å². The topological polar surface area (TPSA) is 47.6 Å². The molecule has 0 saturated carbocycles. The zero-order chi connectivity index (χ0) is 18.3. The molecule has 1 aliphatic carbocycles. The van der Waals surface area contributed by atoms with Crippen molar-refractivity contribution in [2.45, 2.75) is 18.4 Å². The smallest absolute Gasteiger partial charge is 0.338 e. The highest BCUT2D eigenvalue weighted by Gasteiger charge is 2.41. The Kier molecular flexibility index (Phi) is 4.37. The molecule has 1 aliphatic heterocycles. The summed E-state index contributed by atoms with van der Waals surface area (Å²) in [5, 5.41) is 4.20. The fourth-order valence-corrected chi connectivity index (χ4v) is 4.35. The predicted molar refractivity (Wildman–Crippen MR) is 102 cm³/mol. The number of carbonyl (C=O) groups excluding carboxylic acids is 1. The second kappa shape index (κ2) is 6.69. The molecule has 0 spiro atoms. The van der Waals surface area contributed by atoms with Crippen LogP contribution in [-0.2, 0) is 4.74 Å². The number of fused-ring (bicyclic) bond motifs is 3. The maximum absolute atomic E-state index is 12.3. The Hall–Kier alpha value is -2.46. The van der Waals surface area contributed by atoms with E-state index in [2.05, 4.69) is 29.6 Å². The minimum Gasteiger partial charge on any atom is -0.497 e. The molecular weight excluding hydrogens is 350 g/mol. The molecule has 1 N–H and O–H groups in total. The van der Waals surface area contributed by atoms with Crippen molar-refractivity contribution in [3.63, 3.8) is 0 Å². The van der Waals surface area contributed by atoms with Crippen molar-refractivity contribution in [2.24, 2.45) is 5.92 Å². The Morgan fingerprint density at radius 3 is 2.85 bits per heavy atom. The van der Waals surface area contributed by atoms with E-state index in [9.17, 15) is 4.79 Å². The van der Waals surface area contributed by atoms with Gasteiger partial charge < -0.3 is 14.8 Å². The van der Waals surface area contributed by atoms with E-state index in [-0.39, 0.29) is 17.9 Å². The molecule has 0 amide bonds. The number of nitrogens with one attached hydrogen (secondary N) is 1. The van der Waals surface area contributed by atoms with Crippen LogP contribution >= 0.6 is 11.6 Å². The number of benzene rings is 2. The molecule has 0 fully saturated rings. The SMILES string of the molecule is COC(=O)c1ccc(Cl)c2c1[C@@H]1C=CC[C@H]1[C@H](c1cccc(OC)c1)N2. The van der Waals surface area contributed by atoms with Gasteiger partial charge in [0.05, 0.1) is 36.5 Å². The molecule has 2 aromatic carbocycles. The Morgan fingerprint density at radius 1 is 1.23 bits per heavy atom. The summed E-state index contributed by atoms with van der Waals surface area (Å²) in [5.41, 5.74) is 3.47. The average molecular weight is 370 g/mol. The standard InChI is InChI=1S/C21H20ClNO3/c1-25-13-6-3-5-12(11-13)19-15-8-4-7-14(15)18-16(21(24)26-2)9-10-17(22)20(18)23-19/h3-7,9-11,14-15,19,23H,8H2,1-2H3/t14-,15-,19+/m1/s1. The third-order valence-corrected chi connectivity index (χ3v) is 5.64. The fourth-order valence-electron chi connectivity index (χ4n) is 4.13. The van der Waals surface area contributed by atoms with Crippen molar-refractivity contribution >= 4 is 23.3 Å². The summed E-state index contributed by atoms with van der Waals surface area (Å²) in [5.74, 6) is 0.914. The number of methoxy groups -OCH3 is 2. The molecule has 0 bridgehead atoms. The van der Waals surface area contributed by atoms with Crippen LogP contribution in [0.25, 0.3) is 0 Å².